The van der Waals surface area contributed by atoms with Crippen LogP contribution in [0.5, 0.6) is 0 Å². The maximum atomic E-state index is 6.38. The van der Waals surface area contributed by atoms with Gasteiger partial charge in [0.15, 0.2) is 0 Å². The molecule has 1 aliphatic rings. The van der Waals surface area contributed by atoms with Gasteiger partial charge in [-0.1, -0.05) is 29.8 Å². The van der Waals surface area contributed by atoms with E-state index in [1.807, 2.05) is 0 Å². The lowest BCUT2D eigenvalue weighted by molar-refractivity contribution is 0.391. The van der Waals surface area contributed by atoms with Gasteiger partial charge in [-0.05, 0) is 50.8 Å². The molecule has 2 unspecified atom stereocenters. The molecule has 1 heterocycles. The number of rotatable bonds is 2. The number of aryl methyl sites for hydroxylation is 1. The molecule has 0 aliphatic carbocycles. The zero-order chi connectivity index (χ0) is 11.4. The van der Waals surface area contributed by atoms with Crippen LogP contribution in [0.4, 0.5) is 0 Å². The largest absolute Gasteiger partial charge is 0.324 e. The molecule has 16 heavy (non-hydrogen) atoms. The van der Waals surface area contributed by atoms with Gasteiger partial charge in [0.25, 0.3) is 0 Å². The van der Waals surface area contributed by atoms with Gasteiger partial charge < -0.3 is 11.1 Å². The summed E-state index contributed by atoms with van der Waals surface area (Å²) in [5.41, 5.74) is 8.98. The minimum absolute atomic E-state index is 0.208. The van der Waals surface area contributed by atoms with Gasteiger partial charge in [0.05, 0.1) is 0 Å². The molecule has 1 aliphatic heterocycles. The number of hydrogen-bond donors (Lipinski definition) is 2. The summed E-state index contributed by atoms with van der Waals surface area (Å²) in [5.74, 6) is 0.636. The minimum Gasteiger partial charge on any atom is -0.324 e. The number of nitrogens with one attached hydrogen (secondary N) is 1. The third kappa shape index (κ3) is 2.83. The topological polar surface area (TPSA) is 38.0 Å². The Bertz CT molecular complexity index is 327. The molecule has 1 saturated heterocycles. The SMILES string of the molecule is Cc1cccc(C(N)C2CCCNCC2)c1. The fourth-order valence-corrected chi connectivity index (χ4v) is 2.55. The minimum atomic E-state index is 0.208. The second-order valence-electron chi connectivity index (χ2n) is 4.88. The summed E-state index contributed by atoms with van der Waals surface area (Å²) in [6.07, 6.45) is 3.71. The lowest BCUT2D eigenvalue weighted by Gasteiger charge is -2.22. The predicted octanol–water partition coefficient (Wildman–Crippen LogP) is 2.38. The first-order chi connectivity index (χ1) is 7.77. The van der Waals surface area contributed by atoms with Crippen LogP contribution in [0.25, 0.3) is 0 Å². The number of benzene rings is 1. The maximum absolute atomic E-state index is 6.38. The van der Waals surface area contributed by atoms with Crippen molar-refractivity contribution in [1.29, 1.82) is 0 Å². The van der Waals surface area contributed by atoms with Crippen molar-refractivity contribution in [2.24, 2.45) is 11.7 Å². The van der Waals surface area contributed by atoms with Crippen molar-refractivity contribution in [3.05, 3.63) is 35.4 Å². The summed E-state index contributed by atoms with van der Waals surface area (Å²) in [7, 11) is 0. The molecule has 0 radical (unpaired) electrons. The van der Waals surface area contributed by atoms with Gasteiger partial charge in [-0.2, -0.15) is 0 Å². The predicted molar refractivity (Wildman–Crippen MR) is 68.3 cm³/mol. The van der Waals surface area contributed by atoms with E-state index in [1.54, 1.807) is 0 Å². The van der Waals surface area contributed by atoms with E-state index in [2.05, 4.69) is 36.5 Å². The quantitative estimate of drug-likeness (QED) is 0.800. The molecule has 2 rings (SSSR count). The Morgan fingerprint density at radius 3 is 3.00 bits per heavy atom. The Kier molecular flexibility index (Phi) is 3.97. The van der Waals surface area contributed by atoms with Crippen molar-refractivity contribution in [3.63, 3.8) is 0 Å². The lowest BCUT2D eigenvalue weighted by Crippen LogP contribution is -2.22. The molecule has 88 valence electrons. The first-order valence-electron chi connectivity index (χ1n) is 6.30. The van der Waals surface area contributed by atoms with Crippen LogP contribution in [0.3, 0.4) is 0 Å². The molecule has 3 N–H and O–H groups in total. The summed E-state index contributed by atoms with van der Waals surface area (Å²) in [4.78, 5) is 0. The molecule has 0 amide bonds. The van der Waals surface area contributed by atoms with E-state index in [-0.39, 0.29) is 6.04 Å². The van der Waals surface area contributed by atoms with Crippen molar-refractivity contribution < 1.29 is 0 Å². The Hall–Kier alpha value is -0.860. The highest BCUT2D eigenvalue weighted by Gasteiger charge is 2.20. The fourth-order valence-electron chi connectivity index (χ4n) is 2.55. The highest BCUT2D eigenvalue weighted by molar-refractivity contribution is 5.25. The average Bonchev–Trinajstić information content (AvgIpc) is 2.56. The van der Waals surface area contributed by atoms with Crippen LogP contribution in [-0.2, 0) is 0 Å². The summed E-state index contributed by atoms with van der Waals surface area (Å²) in [6, 6.07) is 8.84. The van der Waals surface area contributed by atoms with Crippen molar-refractivity contribution in [2.75, 3.05) is 13.1 Å². The van der Waals surface area contributed by atoms with Gasteiger partial charge in [-0.25, -0.2) is 0 Å². The molecule has 0 saturated carbocycles. The Balaban J connectivity index is 2.07. The lowest BCUT2D eigenvalue weighted by atomic mass is 9.87. The highest BCUT2D eigenvalue weighted by atomic mass is 14.9. The third-order valence-corrected chi connectivity index (χ3v) is 3.56. The van der Waals surface area contributed by atoms with Gasteiger partial charge in [0.1, 0.15) is 0 Å². The Labute approximate surface area is 98.2 Å². The smallest absolute Gasteiger partial charge is 0.0324 e. The van der Waals surface area contributed by atoms with Crippen LogP contribution < -0.4 is 11.1 Å². The normalized spacial score (nSPS) is 23.8. The van der Waals surface area contributed by atoms with Crippen LogP contribution in [0.2, 0.25) is 0 Å². The van der Waals surface area contributed by atoms with Crippen LogP contribution in [0, 0.1) is 12.8 Å². The van der Waals surface area contributed by atoms with E-state index >= 15 is 0 Å². The summed E-state index contributed by atoms with van der Waals surface area (Å²) >= 11 is 0. The molecule has 2 heteroatoms. The molecule has 0 bridgehead atoms. The Morgan fingerprint density at radius 2 is 2.19 bits per heavy atom. The van der Waals surface area contributed by atoms with Gasteiger partial charge in [0, 0.05) is 6.04 Å². The molecule has 0 aromatic heterocycles. The molecule has 1 aromatic carbocycles. The molecule has 0 spiro atoms. The second-order valence-corrected chi connectivity index (χ2v) is 4.88. The van der Waals surface area contributed by atoms with Gasteiger partial charge in [0.2, 0.25) is 0 Å². The zero-order valence-electron chi connectivity index (χ0n) is 10.1. The van der Waals surface area contributed by atoms with E-state index < -0.39 is 0 Å². The maximum Gasteiger partial charge on any atom is 0.0324 e. The standard InChI is InChI=1S/C14H22N2/c1-11-4-2-5-13(10-11)14(15)12-6-3-8-16-9-7-12/h2,4-5,10,12,14,16H,3,6-9,15H2,1H3. The summed E-state index contributed by atoms with van der Waals surface area (Å²) in [6.45, 7) is 4.39. The molecule has 1 fully saturated rings. The van der Waals surface area contributed by atoms with Crippen LogP contribution >= 0.6 is 0 Å². The highest BCUT2D eigenvalue weighted by Crippen LogP contribution is 2.27. The zero-order valence-corrected chi connectivity index (χ0v) is 10.1. The Morgan fingerprint density at radius 1 is 1.31 bits per heavy atom. The van der Waals surface area contributed by atoms with Gasteiger partial charge >= 0.3 is 0 Å². The first-order valence-corrected chi connectivity index (χ1v) is 6.30. The first kappa shape index (κ1) is 11.6. The third-order valence-electron chi connectivity index (χ3n) is 3.56. The van der Waals surface area contributed by atoms with E-state index in [0.717, 1.165) is 13.1 Å². The molecular weight excluding hydrogens is 196 g/mol. The van der Waals surface area contributed by atoms with Gasteiger partial charge in [-0.15, -0.1) is 0 Å². The fraction of sp³-hybridized carbons (Fsp3) is 0.571. The second kappa shape index (κ2) is 5.46. The molecule has 2 nitrogen and oxygen atoms in total. The van der Waals surface area contributed by atoms with Crippen LogP contribution in [0.15, 0.2) is 24.3 Å². The van der Waals surface area contributed by atoms with E-state index in [0.29, 0.717) is 5.92 Å². The van der Waals surface area contributed by atoms with E-state index in [4.69, 9.17) is 5.73 Å². The number of hydrogen-bond acceptors (Lipinski definition) is 2. The van der Waals surface area contributed by atoms with Gasteiger partial charge in [-0.3, -0.25) is 0 Å². The number of nitrogens with two attached hydrogens (primary N) is 1. The summed E-state index contributed by atoms with van der Waals surface area (Å²) < 4.78 is 0. The van der Waals surface area contributed by atoms with E-state index in [9.17, 15) is 0 Å². The monoisotopic (exact) mass is 218 g/mol. The van der Waals surface area contributed by atoms with Crippen LogP contribution in [0.1, 0.15) is 36.4 Å². The van der Waals surface area contributed by atoms with E-state index in [1.165, 1.54) is 30.4 Å². The summed E-state index contributed by atoms with van der Waals surface area (Å²) in [5, 5.41) is 3.44. The average molecular weight is 218 g/mol. The van der Waals surface area contributed by atoms with Crippen molar-refractivity contribution >= 4 is 0 Å². The molecular formula is C14H22N2. The van der Waals surface area contributed by atoms with Crippen molar-refractivity contribution in [3.8, 4) is 0 Å². The van der Waals surface area contributed by atoms with Crippen molar-refractivity contribution in [1.82, 2.24) is 5.32 Å². The van der Waals surface area contributed by atoms with Crippen LogP contribution in [-0.4, -0.2) is 13.1 Å². The molecule has 2 atom stereocenters. The molecule has 1 aromatic rings. The van der Waals surface area contributed by atoms with Crippen molar-refractivity contribution in [2.45, 2.75) is 32.2 Å².